The monoisotopic (exact) mass is 334 g/mol. The van der Waals surface area contributed by atoms with E-state index in [0.29, 0.717) is 0 Å². The number of hydrogen-bond donors (Lipinski definition) is 1. The van der Waals surface area contributed by atoms with Crippen LogP contribution in [0.4, 0.5) is 10.5 Å². The van der Waals surface area contributed by atoms with E-state index in [0.717, 1.165) is 26.3 Å². The molecule has 0 spiro atoms. The lowest BCUT2D eigenvalue weighted by Crippen LogP contribution is -2.22. The molecule has 2 aromatic rings. The van der Waals surface area contributed by atoms with Gasteiger partial charge in [-0.25, -0.2) is 4.79 Å². The number of anilines is 1. The fraction of sp³-hybridized carbons (Fsp3) is 0.267. The summed E-state index contributed by atoms with van der Waals surface area (Å²) in [5.41, 5.74) is 2.30. The molecule has 0 saturated carbocycles. The molecule has 0 fully saturated rings. The predicted octanol–water partition coefficient (Wildman–Crippen LogP) is 3.52. The fourth-order valence-electron chi connectivity index (χ4n) is 1.85. The molecule has 0 radical (unpaired) electrons. The third-order valence-electron chi connectivity index (χ3n) is 3.00. The van der Waals surface area contributed by atoms with Crippen LogP contribution in [-0.2, 0) is 0 Å². The van der Waals surface area contributed by atoms with Crippen molar-refractivity contribution in [2.75, 3.05) is 19.4 Å². The Bertz CT molecular complexity index is 695. The SMILES string of the molecule is Cc1nn(C(=O)Nc2ccccc2)c(C)c1SC(=S)N(C)C. The van der Waals surface area contributed by atoms with E-state index in [-0.39, 0.29) is 6.03 Å². The van der Waals surface area contributed by atoms with Gasteiger partial charge in [-0.1, -0.05) is 42.2 Å². The zero-order valence-electron chi connectivity index (χ0n) is 13.0. The Labute approximate surface area is 139 Å². The predicted molar refractivity (Wildman–Crippen MR) is 94.7 cm³/mol. The normalized spacial score (nSPS) is 10.4. The summed E-state index contributed by atoms with van der Waals surface area (Å²) in [6.07, 6.45) is 0. The van der Waals surface area contributed by atoms with Crippen molar-refractivity contribution in [3.05, 3.63) is 41.7 Å². The summed E-state index contributed by atoms with van der Waals surface area (Å²) in [4.78, 5) is 15.1. The highest BCUT2D eigenvalue weighted by atomic mass is 32.2. The number of nitrogens with zero attached hydrogens (tertiary/aromatic N) is 3. The molecule has 5 nitrogen and oxygen atoms in total. The maximum Gasteiger partial charge on any atom is 0.346 e. The van der Waals surface area contributed by atoms with Gasteiger partial charge in [0, 0.05) is 19.8 Å². The summed E-state index contributed by atoms with van der Waals surface area (Å²) < 4.78 is 2.11. The van der Waals surface area contributed by atoms with Gasteiger partial charge in [0.25, 0.3) is 0 Å². The first-order chi connectivity index (χ1) is 10.4. The van der Waals surface area contributed by atoms with Gasteiger partial charge < -0.3 is 10.2 Å². The molecule has 2 rings (SSSR count). The second-order valence-electron chi connectivity index (χ2n) is 4.97. The van der Waals surface area contributed by atoms with Crippen LogP contribution in [0.5, 0.6) is 0 Å². The Hall–Kier alpha value is -1.86. The molecule has 1 aromatic carbocycles. The molecule has 7 heteroatoms. The minimum atomic E-state index is -0.283. The molecule has 0 saturated heterocycles. The first-order valence-corrected chi connectivity index (χ1v) is 7.94. The number of para-hydroxylation sites is 1. The summed E-state index contributed by atoms with van der Waals surface area (Å²) in [5.74, 6) is 0. The van der Waals surface area contributed by atoms with Gasteiger partial charge in [0.1, 0.15) is 4.32 Å². The number of thiocarbonyl (C=S) groups is 1. The number of hydrogen-bond acceptors (Lipinski definition) is 4. The standard InChI is InChI=1S/C15H18N4OS2/c1-10-13(22-15(21)18(3)4)11(2)19(17-10)14(20)16-12-8-6-5-7-9-12/h5-9H,1-4H3,(H,16,20). The number of thioether (sulfide) groups is 1. The zero-order chi connectivity index (χ0) is 16.3. The van der Waals surface area contributed by atoms with Crippen LogP contribution in [0.2, 0.25) is 0 Å². The molecule has 0 aliphatic carbocycles. The van der Waals surface area contributed by atoms with Gasteiger partial charge in [0.15, 0.2) is 0 Å². The average Bonchev–Trinajstić information content (AvgIpc) is 2.76. The quantitative estimate of drug-likeness (QED) is 0.673. The lowest BCUT2D eigenvalue weighted by Gasteiger charge is -2.12. The van der Waals surface area contributed by atoms with Crippen molar-refractivity contribution in [1.29, 1.82) is 0 Å². The third kappa shape index (κ3) is 3.66. The van der Waals surface area contributed by atoms with Crippen molar-refractivity contribution in [2.24, 2.45) is 0 Å². The van der Waals surface area contributed by atoms with Crippen LogP contribution in [0.15, 0.2) is 35.2 Å². The molecular formula is C15H18N4OS2. The maximum absolute atomic E-state index is 12.4. The van der Waals surface area contributed by atoms with Gasteiger partial charge in [-0.05, 0) is 26.0 Å². The van der Waals surface area contributed by atoms with Crippen LogP contribution < -0.4 is 5.32 Å². The van der Waals surface area contributed by atoms with E-state index < -0.39 is 0 Å². The van der Waals surface area contributed by atoms with E-state index in [1.807, 2.05) is 63.2 Å². The topological polar surface area (TPSA) is 50.2 Å². The highest BCUT2D eigenvalue weighted by Crippen LogP contribution is 2.28. The highest BCUT2D eigenvalue weighted by Gasteiger charge is 2.18. The summed E-state index contributed by atoms with van der Waals surface area (Å²) >= 11 is 6.75. The summed E-state index contributed by atoms with van der Waals surface area (Å²) in [7, 11) is 3.79. The van der Waals surface area contributed by atoms with Gasteiger partial charge in [0.2, 0.25) is 0 Å². The molecule has 1 N–H and O–H groups in total. The number of benzene rings is 1. The Morgan fingerprint density at radius 1 is 1.27 bits per heavy atom. The summed E-state index contributed by atoms with van der Waals surface area (Å²) in [6, 6.07) is 9.02. The van der Waals surface area contributed by atoms with Crippen LogP contribution >= 0.6 is 24.0 Å². The Balaban J connectivity index is 2.22. The number of nitrogens with one attached hydrogen (secondary N) is 1. The molecule has 0 aliphatic rings. The number of aromatic nitrogens is 2. The van der Waals surface area contributed by atoms with E-state index in [1.54, 1.807) is 0 Å². The number of carbonyl (C=O) groups excluding carboxylic acids is 1. The second kappa shape index (κ2) is 6.93. The van der Waals surface area contributed by atoms with Crippen molar-refractivity contribution in [3.63, 3.8) is 0 Å². The van der Waals surface area contributed by atoms with Crippen molar-refractivity contribution in [2.45, 2.75) is 18.7 Å². The Kier molecular flexibility index (Phi) is 5.20. The van der Waals surface area contributed by atoms with E-state index in [4.69, 9.17) is 12.2 Å². The molecule has 0 aliphatic heterocycles. The van der Waals surface area contributed by atoms with Crippen LogP contribution in [0.3, 0.4) is 0 Å². The minimum absolute atomic E-state index is 0.283. The lowest BCUT2D eigenvalue weighted by atomic mass is 10.3. The van der Waals surface area contributed by atoms with Crippen LogP contribution in [0, 0.1) is 13.8 Å². The molecule has 0 bridgehead atoms. The van der Waals surface area contributed by atoms with Crippen LogP contribution in [-0.4, -0.2) is 39.1 Å². The van der Waals surface area contributed by atoms with Crippen molar-refractivity contribution >= 4 is 40.0 Å². The van der Waals surface area contributed by atoms with E-state index in [2.05, 4.69) is 10.4 Å². The number of rotatable bonds is 2. The van der Waals surface area contributed by atoms with Gasteiger partial charge in [-0.15, -0.1) is 0 Å². The molecule has 22 heavy (non-hydrogen) atoms. The van der Waals surface area contributed by atoms with E-state index in [1.165, 1.54) is 16.4 Å². The number of aryl methyl sites for hydroxylation is 1. The molecule has 1 heterocycles. The molecule has 1 amide bonds. The Morgan fingerprint density at radius 2 is 1.91 bits per heavy atom. The van der Waals surface area contributed by atoms with E-state index >= 15 is 0 Å². The smallest absolute Gasteiger partial charge is 0.346 e. The minimum Gasteiger partial charge on any atom is -0.363 e. The van der Waals surface area contributed by atoms with Crippen LogP contribution in [0.1, 0.15) is 11.4 Å². The van der Waals surface area contributed by atoms with Gasteiger partial charge in [-0.3, -0.25) is 0 Å². The van der Waals surface area contributed by atoms with Gasteiger partial charge >= 0.3 is 6.03 Å². The number of amides is 1. The molecule has 0 unspecified atom stereocenters. The molecular weight excluding hydrogens is 316 g/mol. The fourth-order valence-corrected chi connectivity index (χ4v) is 2.88. The molecule has 116 valence electrons. The first-order valence-electron chi connectivity index (χ1n) is 6.72. The van der Waals surface area contributed by atoms with Gasteiger partial charge in [-0.2, -0.15) is 9.78 Å². The summed E-state index contributed by atoms with van der Waals surface area (Å²) in [6.45, 7) is 3.74. The average molecular weight is 334 g/mol. The zero-order valence-corrected chi connectivity index (χ0v) is 14.6. The van der Waals surface area contributed by atoms with Crippen molar-refractivity contribution < 1.29 is 4.79 Å². The van der Waals surface area contributed by atoms with Gasteiger partial charge in [0.05, 0.1) is 16.3 Å². The molecule has 1 aromatic heterocycles. The van der Waals surface area contributed by atoms with Crippen molar-refractivity contribution in [3.8, 4) is 0 Å². The van der Waals surface area contributed by atoms with E-state index in [9.17, 15) is 4.79 Å². The van der Waals surface area contributed by atoms with Crippen molar-refractivity contribution in [1.82, 2.24) is 14.7 Å². The maximum atomic E-state index is 12.4. The number of carbonyl (C=O) groups is 1. The lowest BCUT2D eigenvalue weighted by molar-refractivity contribution is 0.250. The highest BCUT2D eigenvalue weighted by molar-refractivity contribution is 8.23. The second-order valence-corrected chi connectivity index (χ2v) is 6.61. The van der Waals surface area contributed by atoms with Crippen LogP contribution in [0.25, 0.3) is 0 Å². The Morgan fingerprint density at radius 3 is 2.50 bits per heavy atom. The first kappa shape index (κ1) is 16.5. The third-order valence-corrected chi connectivity index (χ3v) is 4.95. The molecule has 0 atom stereocenters. The summed E-state index contributed by atoms with van der Waals surface area (Å²) in [5, 5.41) is 7.15. The largest absolute Gasteiger partial charge is 0.363 e.